The monoisotopic (exact) mass is 340 g/mol. The summed E-state index contributed by atoms with van der Waals surface area (Å²) in [5.41, 5.74) is 4.69. The van der Waals surface area contributed by atoms with Gasteiger partial charge >= 0.3 is 0 Å². The summed E-state index contributed by atoms with van der Waals surface area (Å²) in [5, 5.41) is 3.85. The van der Waals surface area contributed by atoms with Crippen LogP contribution in [0.4, 0.5) is 0 Å². The van der Waals surface area contributed by atoms with Crippen LogP contribution in [0.5, 0.6) is 0 Å². The number of hydrogen-bond donors (Lipinski definition) is 0. The highest BCUT2D eigenvalue weighted by atomic mass is 28.3. The Kier molecular flexibility index (Phi) is 4.66. The fourth-order valence-electron chi connectivity index (χ4n) is 3.56. The SMILES string of the molecule is C#C[Si](c1ccccc1)(c1ccccc1)c1ccccc1C(C)(C)C. The molecule has 3 aromatic carbocycles. The first-order valence-corrected chi connectivity index (χ1v) is 10.7. The molecule has 0 aliphatic rings. The lowest BCUT2D eigenvalue weighted by Crippen LogP contribution is -2.67. The van der Waals surface area contributed by atoms with Crippen LogP contribution in [0.1, 0.15) is 26.3 Å². The van der Waals surface area contributed by atoms with Crippen LogP contribution in [0.3, 0.4) is 0 Å². The van der Waals surface area contributed by atoms with E-state index in [0.717, 1.165) is 0 Å². The molecule has 0 aliphatic carbocycles. The first-order chi connectivity index (χ1) is 12.0. The molecule has 0 aromatic heterocycles. The van der Waals surface area contributed by atoms with Crippen LogP contribution in [0.15, 0.2) is 84.9 Å². The largest absolute Gasteiger partial charge is 0.229 e. The van der Waals surface area contributed by atoms with Crippen molar-refractivity contribution < 1.29 is 0 Å². The van der Waals surface area contributed by atoms with Crippen LogP contribution in [0.2, 0.25) is 0 Å². The number of benzene rings is 3. The third-order valence-electron chi connectivity index (χ3n) is 4.77. The van der Waals surface area contributed by atoms with Crippen LogP contribution in [-0.4, -0.2) is 8.07 Å². The molecular formula is C24H24Si. The molecule has 0 aliphatic heterocycles. The molecule has 0 radical (unpaired) electrons. The van der Waals surface area contributed by atoms with Gasteiger partial charge in [-0.05, 0) is 26.5 Å². The number of hydrogen-bond acceptors (Lipinski definition) is 0. The first kappa shape index (κ1) is 17.3. The fourth-order valence-corrected chi connectivity index (χ4v) is 7.60. The molecule has 0 unspecified atom stereocenters. The molecule has 0 bridgehead atoms. The summed E-state index contributed by atoms with van der Waals surface area (Å²) < 4.78 is 0. The van der Waals surface area contributed by atoms with E-state index in [4.69, 9.17) is 6.42 Å². The van der Waals surface area contributed by atoms with E-state index >= 15 is 0 Å². The Morgan fingerprint density at radius 2 is 1.12 bits per heavy atom. The van der Waals surface area contributed by atoms with Gasteiger partial charge in [-0.1, -0.05) is 106 Å². The smallest absolute Gasteiger partial charge is 0.126 e. The molecule has 25 heavy (non-hydrogen) atoms. The molecule has 0 heterocycles. The van der Waals surface area contributed by atoms with Gasteiger partial charge in [0.1, 0.15) is 0 Å². The molecule has 124 valence electrons. The van der Waals surface area contributed by atoms with Gasteiger partial charge in [0.05, 0.1) is 0 Å². The topological polar surface area (TPSA) is 0 Å². The molecule has 3 rings (SSSR count). The summed E-state index contributed by atoms with van der Waals surface area (Å²) in [6.07, 6.45) is 6.33. The second-order valence-electron chi connectivity index (χ2n) is 7.42. The van der Waals surface area contributed by atoms with Gasteiger partial charge in [-0.3, -0.25) is 0 Å². The van der Waals surface area contributed by atoms with Gasteiger partial charge < -0.3 is 0 Å². The van der Waals surface area contributed by atoms with E-state index in [1.807, 2.05) is 0 Å². The third kappa shape index (κ3) is 3.06. The van der Waals surface area contributed by atoms with E-state index in [1.165, 1.54) is 21.1 Å². The van der Waals surface area contributed by atoms with Crippen LogP contribution in [0.25, 0.3) is 0 Å². The molecule has 0 amide bonds. The van der Waals surface area contributed by atoms with Crippen LogP contribution < -0.4 is 15.6 Å². The average molecular weight is 341 g/mol. The first-order valence-electron chi connectivity index (χ1n) is 8.69. The number of terminal acetylenes is 1. The molecule has 0 nitrogen and oxygen atoms in total. The summed E-state index contributed by atoms with van der Waals surface area (Å²) in [7, 11) is -2.52. The van der Waals surface area contributed by atoms with E-state index < -0.39 is 8.07 Å². The number of rotatable bonds is 3. The predicted molar refractivity (Wildman–Crippen MR) is 112 cm³/mol. The fraction of sp³-hybridized carbons (Fsp3) is 0.167. The lowest BCUT2D eigenvalue weighted by molar-refractivity contribution is 0.594. The van der Waals surface area contributed by atoms with Crippen molar-refractivity contribution in [2.75, 3.05) is 0 Å². The molecular weight excluding hydrogens is 316 g/mol. The van der Waals surface area contributed by atoms with Crippen molar-refractivity contribution in [1.82, 2.24) is 0 Å². The van der Waals surface area contributed by atoms with E-state index in [9.17, 15) is 0 Å². The van der Waals surface area contributed by atoms with Crippen molar-refractivity contribution in [1.29, 1.82) is 0 Å². The van der Waals surface area contributed by atoms with Crippen LogP contribution in [0, 0.1) is 12.0 Å². The van der Waals surface area contributed by atoms with Gasteiger partial charge in [0, 0.05) is 0 Å². The van der Waals surface area contributed by atoms with Gasteiger partial charge in [-0.25, -0.2) is 0 Å². The van der Waals surface area contributed by atoms with Gasteiger partial charge in [0.2, 0.25) is 8.07 Å². The van der Waals surface area contributed by atoms with Gasteiger partial charge in [-0.15, -0.1) is 12.0 Å². The van der Waals surface area contributed by atoms with E-state index in [0.29, 0.717) is 0 Å². The van der Waals surface area contributed by atoms with Crippen LogP contribution >= 0.6 is 0 Å². The van der Waals surface area contributed by atoms with Crippen molar-refractivity contribution in [2.24, 2.45) is 0 Å². The zero-order chi connectivity index (χ0) is 17.9. The lowest BCUT2D eigenvalue weighted by Gasteiger charge is -2.33. The lowest BCUT2D eigenvalue weighted by atomic mass is 9.87. The molecule has 0 atom stereocenters. The van der Waals surface area contributed by atoms with Gasteiger partial charge in [-0.2, -0.15) is 0 Å². The highest BCUT2D eigenvalue weighted by Crippen LogP contribution is 2.23. The predicted octanol–water partition coefficient (Wildman–Crippen LogP) is 3.63. The Morgan fingerprint density at radius 1 is 0.680 bits per heavy atom. The minimum absolute atomic E-state index is 0.0370. The normalized spacial score (nSPS) is 11.8. The summed E-state index contributed by atoms with van der Waals surface area (Å²) >= 11 is 0. The third-order valence-corrected chi connectivity index (χ3v) is 8.84. The van der Waals surface area contributed by atoms with E-state index in [-0.39, 0.29) is 5.41 Å². The van der Waals surface area contributed by atoms with E-state index in [1.54, 1.807) is 0 Å². The van der Waals surface area contributed by atoms with Crippen molar-refractivity contribution in [2.45, 2.75) is 26.2 Å². The Morgan fingerprint density at radius 3 is 1.56 bits per heavy atom. The van der Waals surface area contributed by atoms with Crippen LogP contribution in [-0.2, 0) is 5.41 Å². The maximum Gasteiger partial charge on any atom is 0.229 e. The quantitative estimate of drug-likeness (QED) is 0.388. The maximum absolute atomic E-state index is 6.33. The standard InChI is InChI=1S/C24H24Si/c1-5-25(20-14-8-6-9-15-20,21-16-10-7-11-17-21)23-19-13-12-18-22(23)24(2,3)4/h1,6-19H,2-4H3. The zero-order valence-corrected chi connectivity index (χ0v) is 16.2. The zero-order valence-electron chi connectivity index (χ0n) is 15.2. The highest BCUT2D eigenvalue weighted by molar-refractivity contribution is 7.17. The average Bonchev–Trinajstić information content (AvgIpc) is 2.64. The molecule has 0 saturated carbocycles. The maximum atomic E-state index is 6.33. The highest BCUT2D eigenvalue weighted by Gasteiger charge is 2.41. The summed E-state index contributed by atoms with van der Waals surface area (Å²) in [4.78, 5) is 0. The van der Waals surface area contributed by atoms with E-state index in [2.05, 4.69) is 111 Å². The molecule has 0 N–H and O–H groups in total. The van der Waals surface area contributed by atoms with Crippen molar-refractivity contribution in [3.63, 3.8) is 0 Å². The minimum atomic E-state index is -2.52. The Balaban J connectivity index is 2.41. The minimum Gasteiger partial charge on any atom is -0.126 e. The second kappa shape index (κ2) is 6.74. The Hall–Kier alpha value is -2.56. The second-order valence-corrected chi connectivity index (χ2v) is 10.9. The van der Waals surface area contributed by atoms with Gasteiger partial charge in [0.25, 0.3) is 0 Å². The summed E-state index contributed by atoms with van der Waals surface area (Å²) in [6.45, 7) is 6.78. The molecule has 0 fully saturated rings. The summed E-state index contributed by atoms with van der Waals surface area (Å²) in [6, 6.07) is 30.0. The Bertz CT molecular complexity index is 841. The molecule has 1 heteroatoms. The van der Waals surface area contributed by atoms with Crippen molar-refractivity contribution in [3.8, 4) is 12.0 Å². The van der Waals surface area contributed by atoms with Crippen molar-refractivity contribution >= 4 is 23.6 Å². The molecule has 3 aromatic rings. The van der Waals surface area contributed by atoms with Crippen molar-refractivity contribution in [3.05, 3.63) is 90.5 Å². The molecule has 0 spiro atoms. The van der Waals surface area contributed by atoms with Gasteiger partial charge in [0.15, 0.2) is 0 Å². The molecule has 0 saturated heterocycles. The Labute approximate surface area is 152 Å². The summed E-state index contributed by atoms with van der Waals surface area (Å²) in [5.74, 6) is 0.